The Kier molecular flexibility index (Phi) is 3.85. The molecule has 2 N–H and O–H groups in total. The molecule has 0 saturated heterocycles. The van der Waals surface area contributed by atoms with Crippen molar-refractivity contribution in [2.75, 3.05) is 12.3 Å². The summed E-state index contributed by atoms with van der Waals surface area (Å²) in [6.07, 6.45) is 0. The summed E-state index contributed by atoms with van der Waals surface area (Å²) in [5.41, 5.74) is 5.32. The highest BCUT2D eigenvalue weighted by atomic mass is 35.5. The van der Waals surface area contributed by atoms with Crippen LogP contribution in [0.2, 0.25) is 5.02 Å². The minimum absolute atomic E-state index is 0.164. The molecule has 66 valence electrons. The Labute approximate surface area is 80.1 Å². The van der Waals surface area contributed by atoms with Gasteiger partial charge < -0.3 is 5.73 Å². The van der Waals surface area contributed by atoms with Gasteiger partial charge in [0.15, 0.2) is 0 Å². The van der Waals surface area contributed by atoms with Crippen molar-refractivity contribution in [1.29, 1.82) is 0 Å². The first-order chi connectivity index (χ1) is 5.74. The maximum atomic E-state index is 12.7. The minimum Gasteiger partial charge on any atom is -0.330 e. The van der Waals surface area contributed by atoms with Crippen LogP contribution in [0.1, 0.15) is 0 Å². The SMILES string of the molecule is NCCSc1ccc(F)c(Cl)c1. The third-order valence-corrected chi connectivity index (χ3v) is 2.59. The first-order valence-corrected chi connectivity index (χ1v) is 4.88. The van der Waals surface area contributed by atoms with Gasteiger partial charge in [-0.1, -0.05) is 11.6 Å². The van der Waals surface area contributed by atoms with Crippen molar-refractivity contribution in [1.82, 2.24) is 0 Å². The topological polar surface area (TPSA) is 26.0 Å². The fraction of sp³-hybridized carbons (Fsp3) is 0.250. The van der Waals surface area contributed by atoms with Crippen LogP contribution >= 0.6 is 23.4 Å². The molecule has 0 amide bonds. The Balaban J connectivity index is 2.69. The van der Waals surface area contributed by atoms with E-state index < -0.39 is 0 Å². The smallest absolute Gasteiger partial charge is 0.141 e. The van der Waals surface area contributed by atoms with Crippen LogP contribution < -0.4 is 5.73 Å². The summed E-state index contributed by atoms with van der Waals surface area (Å²) < 4.78 is 12.7. The van der Waals surface area contributed by atoms with Crippen molar-refractivity contribution >= 4 is 23.4 Å². The average molecular weight is 206 g/mol. The van der Waals surface area contributed by atoms with Crippen molar-refractivity contribution in [3.63, 3.8) is 0 Å². The van der Waals surface area contributed by atoms with E-state index in [9.17, 15) is 4.39 Å². The van der Waals surface area contributed by atoms with Gasteiger partial charge in [-0.15, -0.1) is 11.8 Å². The van der Waals surface area contributed by atoms with E-state index in [4.69, 9.17) is 17.3 Å². The van der Waals surface area contributed by atoms with Gasteiger partial charge in [-0.2, -0.15) is 0 Å². The third kappa shape index (κ3) is 2.66. The molecule has 1 nitrogen and oxygen atoms in total. The number of hydrogen-bond donors (Lipinski definition) is 1. The Bertz CT molecular complexity index is 267. The second-order valence-corrected chi connectivity index (χ2v) is 3.79. The summed E-state index contributed by atoms with van der Waals surface area (Å²) in [6.45, 7) is 0.611. The summed E-state index contributed by atoms with van der Waals surface area (Å²) in [7, 11) is 0. The second-order valence-electron chi connectivity index (χ2n) is 2.21. The highest BCUT2D eigenvalue weighted by Crippen LogP contribution is 2.23. The third-order valence-electron chi connectivity index (χ3n) is 1.28. The van der Waals surface area contributed by atoms with Crippen molar-refractivity contribution in [2.24, 2.45) is 5.73 Å². The molecule has 0 heterocycles. The molecule has 0 aliphatic carbocycles. The number of halogens is 2. The van der Waals surface area contributed by atoms with Crippen LogP contribution in [0.25, 0.3) is 0 Å². The van der Waals surface area contributed by atoms with Gasteiger partial charge >= 0.3 is 0 Å². The molecule has 0 aliphatic rings. The summed E-state index contributed by atoms with van der Waals surface area (Å²) in [4.78, 5) is 0.951. The molecule has 0 aromatic heterocycles. The maximum absolute atomic E-state index is 12.7. The fourth-order valence-corrected chi connectivity index (χ4v) is 1.71. The lowest BCUT2D eigenvalue weighted by molar-refractivity contribution is 0.627. The van der Waals surface area contributed by atoms with Gasteiger partial charge in [0.1, 0.15) is 5.82 Å². The van der Waals surface area contributed by atoms with E-state index in [0.29, 0.717) is 6.54 Å². The number of rotatable bonds is 3. The molecule has 12 heavy (non-hydrogen) atoms. The monoisotopic (exact) mass is 205 g/mol. The number of hydrogen-bond acceptors (Lipinski definition) is 2. The van der Waals surface area contributed by atoms with Gasteiger partial charge in [0.2, 0.25) is 0 Å². The van der Waals surface area contributed by atoms with Gasteiger partial charge in [0.25, 0.3) is 0 Å². The largest absolute Gasteiger partial charge is 0.330 e. The molecule has 1 aromatic carbocycles. The average Bonchev–Trinajstić information content (AvgIpc) is 2.07. The van der Waals surface area contributed by atoms with Crippen LogP contribution in [0.5, 0.6) is 0 Å². The molecule has 0 bridgehead atoms. The molecular formula is C8H9ClFNS. The van der Waals surface area contributed by atoms with Crippen LogP contribution in [0, 0.1) is 5.82 Å². The summed E-state index contributed by atoms with van der Waals surface area (Å²) in [5.74, 6) is 0.441. The normalized spacial score (nSPS) is 10.2. The molecule has 0 spiro atoms. The first-order valence-electron chi connectivity index (χ1n) is 3.52. The predicted octanol–water partition coefficient (Wildman–Crippen LogP) is 2.53. The van der Waals surface area contributed by atoms with Gasteiger partial charge in [0, 0.05) is 17.2 Å². The molecule has 1 aromatic rings. The standard InChI is InChI=1S/C8H9ClFNS/c9-7-5-6(12-4-3-11)1-2-8(7)10/h1-2,5H,3-4,11H2. The number of benzene rings is 1. The molecule has 0 fully saturated rings. The Morgan fingerprint density at radius 2 is 2.25 bits per heavy atom. The van der Waals surface area contributed by atoms with Crippen LogP contribution in [0.15, 0.2) is 23.1 Å². The van der Waals surface area contributed by atoms with E-state index >= 15 is 0 Å². The summed E-state index contributed by atoms with van der Waals surface area (Å²) in [6, 6.07) is 4.67. The lowest BCUT2D eigenvalue weighted by Gasteiger charge is -2.00. The Morgan fingerprint density at radius 3 is 2.83 bits per heavy atom. The van der Waals surface area contributed by atoms with Crippen LogP contribution in [-0.4, -0.2) is 12.3 Å². The summed E-state index contributed by atoms with van der Waals surface area (Å²) >= 11 is 7.14. The Morgan fingerprint density at radius 1 is 1.50 bits per heavy atom. The zero-order chi connectivity index (χ0) is 8.97. The number of thioether (sulfide) groups is 1. The van der Waals surface area contributed by atoms with E-state index in [1.807, 2.05) is 0 Å². The molecule has 0 saturated carbocycles. The quantitative estimate of drug-likeness (QED) is 0.768. The highest BCUT2D eigenvalue weighted by Gasteiger charge is 2.00. The Hall–Kier alpha value is -0.250. The van der Waals surface area contributed by atoms with Crippen molar-refractivity contribution < 1.29 is 4.39 Å². The van der Waals surface area contributed by atoms with E-state index in [0.717, 1.165) is 10.6 Å². The number of nitrogens with two attached hydrogens (primary N) is 1. The molecule has 0 atom stereocenters. The zero-order valence-electron chi connectivity index (χ0n) is 6.39. The van der Waals surface area contributed by atoms with Crippen LogP contribution in [-0.2, 0) is 0 Å². The first kappa shape index (κ1) is 9.84. The van der Waals surface area contributed by atoms with E-state index in [2.05, 4.69) is 0 Å². The van der Waals surface area contributed by atoms with E-state index in [-0.39, 0.29) is 10.8 Å². The lowest BCUT2D eigenvalue weighted by atomic mass is 10.3. The van der Waals surface area contributed by atoms with E-state index in [1.165, 1.54) is 6.07 Å². The second kappa shape index (κ2) is 4.70. The van der Waals surface area contributed by atoms with Gasteiger partial charge in [-0.25, -0.2) is 4.39 Å². The molecule has 0 aliphatic heterocycles. The fourth-order valence-electron chi connectivity index (χ4n) is 0.743. The lowest BCUT2D eigenvalue weighted by Crippen LogP contribution is -2.00. The van der Waals surface area contributed by atoms with Gasteiger partial charge in [0.05, 0.1) is 5.02 Å². The zero-order valence-corrected chi connectivity index (χ0v) is 7.96. The van der Waals surface area contributed by atoms with Gasteiger partial charge in [-0.3, -0.25) is 0 Å². The van der Waals surface area contributed by atoms with Gasteiger partial charge in [-0.05, 0) is 18.2 Å². The van der Waals surface area contributed by atoms with Crippen molar-refractivity contribution in [3.05, 3.63) is 29.0 Å². The van der Waals surface area contributed by atoms with Crippen LogP contribution in [0.3, 0.4) is 0 Å². The molecular weight excluding hydrogens is 197 g/mol. The maximum Gasteiger partial charge on any atom is 0.141 e. The molecule has 0 unspecified atom stereocenters. The van der Waals surface area contributed by atoms with Crippen molar-refractivity contribution in [2.45, 2.75) is 4.90 Å². The predicted molar refractivity (Wildman–Crippen MR) is 51.2 cm³/mol. The molecule has 4 heteroatoms. The summed E-state index contributed by atoms with van der Waals surface area (Å²) in [5, 5.41) is 0.164. The molecule has 1 rings (SSSR count). The van der Waals surface area contributed by atoms with Crippen LogP contribution in [0.4, 0.5) is 4.39 Å². The highest BCUT2D eigenvalue weighted by molar-refractivity contribution is 7.99. The minimum atomic E-state index is -0.381. The van der Waals surface area contributed by atoms with E-state index in [1.54, 1.807) is 23.9 Å². The van der Waals surface area contributed by atoms with Crippen molar-refractivity contribution in [3.8, 4) is 0 Å². The molecule has 0 radical (unpaired) electrons.